The maximum absolute atomic E-state index is 9.30. The second kappa shape index (κ2) is 5.61. The first-order valence-corrected chi connectivity index (χ1v) is 10.3. The number of hydrogen-bond donors (Lipinski definition) is 1. The second-order valence-corrected chi connectivity index (χ2v) is 10.0. The van der Waals surface area contributed by atoms with Crippen molar-refractivity contribution in [2.75, 3.05) is 0 Å². The Morgan fingerprint density at radius 2 is 1.92 bits per heavy atom. The van der Waals surface area contributed by atoms with Gasteiger partial charge in [-0.2, -0.15) is 0 Å². The van der Waals surface area contributed by atoms with Crippen molar-refractivity contribution in [3.63, 3.8) is 0 Å². The van der Waals surface area contributed by atoms with Crippen LogP contribution in [0.2, 0.25) is 0 Å². The van der Waals surface area contributed by atoms with Crippen molar-refractivity contribution in [3.8, 4) is 0 Å². The highest BCUT2D eigenvalue weighted by Crippen LogP contribution is 2.66. The van der Waals surface area contributed by atoms with E-state index >= 15 is 0 Å². The van der Waals surface area contributed by atoms with Crippen LogP contribution in [0.1, 0.15) is 79.1 Å². The zero-order valence-electron chi connectivity index (χ0n) is 16.0. The molecule has 0 aromatic heterocycles. The highest BCUT2D eigenvalue weighted by Gasteiger charge is 2.58. The molecule has 134 valence electrons. The van der Waals surface area contributed by atoms with E-state index in [-0.39, 0.29) is 5.41 Å². The lowest BCUT2D eigenvalue weighted by atomic mass is 9.44. The first kappa shape index (κ1) is 16.7. The lowest BCUT2D eigenvalue weighted by Gasteiger charge is -2.61. The summed E-state index contributed by atoms with van der Waals surface area (Å²) >= 11 is 0. The normalized spacial score (nSPS) is 51.4. The van der Waals surface area contributed by atoms with Gasteiger partial charge in [0.1, 0.15) is 0 Å². The molecule has 0 aromatic carbocycles. The van der Waals surface area contributed by atoms with E-state index in [9.17, 15) is 5.21 Å². The third-order valence-electron chi connectivity index (χ3n) is 9.05. The highest BCUT2D eigenvalue weighted by atomic mass is 16.4. The fourth-order valence-corrected chi connectivity index (χ4v) is 7.65. The molecule has 4 aliphatic carbocycles. The van der Waals surface area contributed by atoms with Gasteiger partial charge in [0.2, 0.25) is 0 Å². The van der Waals surface area contributed by atoms with Gasteiger partial charge in [0.15, 0.2) is 0 Å². The molecule has 4 unspecified atom stereocenters. The Hall–Kier alpha value is -0.790. The average molecular weight is 330 g/mol. The Kier molecular flexibility index (Phi) is 3.89. The number of hydrogen-bond acceptors (Lipinski definition) is 2. The summed E-state index contributed by atoms with van der Waals surface area (Å²) in [6, 6.07) is 0. The molecule has 7 atom stereocenters. The maximum Gasteiger partial charge on any atom is 0.0799 e. The smallest absolute Gasteiger partial charge is 0.0799 e. The van der Waals surface area contributed by atoms with Crippen molar-refractivity contribution in [1.29, 1.82) is 0 Å². The molecule has 24 heavy (non-hydrogen) atoms. The van der Waals surface area contributed by atoms with Crippen LogP contribution < -0.4 is 0 Å². The molecule has 0 heterocycles. The molecule has 2 nitrogen and oxygen atoms in total. The van der Waals surface area contributed by atoms with Crippen molar-refractivity contribution in [2.45, 2.75) is 79.1 Å². The molecule has 0 spiro atoms. The van der Waals surface area contributed by atoms with Crippen LogP contribution in [0.5, 0.6) is 0 Å². The van der Waals surface area contributed by atoms with E-state index in [2.05, 4.69) is 32.0 Å². The molecule has 4 aliphatic rings. The molecule has 2 heteroatoms. The summed E-state index contributed by atoms with van der Waals surface area (Å²) in [5.74, 6) is 4.51. The number of rotatable bonds is 1. The van der Waals surface area contributed by atoms with Crippen LogP contribution in [0, 0.1) is 40.4 Å². The number of fused-ring (bicyclic) bond motifs is 5. The molecular formula is C22H35NO. The Labute approximate surface area is 147 Å². The van der Waals surface area contributed by atoms with Crippen LogP contribution in [-0.2, 0) is 0 Å². The van der Waals surface area contributed by atoms with Gasteiger partial charge in [-0.05, 0) is 97.9 Å². The second-order valence-electron chi connectivity index (χ2n) is 10.0. The minimum Gasteiger partial charge on any atom is -0.411 e. The first-order chi connectivity index (χ1) is 11.4. The van der Waals surface area contributed by atoms with E-state index in [4.69, 9.17) is 0 Å². The average Bonchev–Trinajstić information content (AvgIpc) is 2.92. The molecule has 4 rings (SSSR count). The number of nitrogens with zero attached hydrogens (tertiary/aromatic N) is 1. The standard InChI is InChI=1S/C22H35NO/c1-14-9-11-21(3)16(13-14)5-6-17-19-8-7-18(15(2)23-24)22(19,4)12-10-20(17)21/h7,14,16-17,19-20,24H,5-6,8-13H2,1-4H3/b23-15+/t14?,16-,17?,19?,20?,21-,22+/m0/s1. The van der Waals surface area contributed by atoms with Gasteiger partial charge in [0, 0.05) is 0 Å². The van der Waals surface area contributed by atoms with Crippen molar-refractivity contribution < 1.29 is 5.21 Å². The lowest BCUT2D eigenvalue weighted by molar-refractivity contribution is -0.105. The van der Waals surface area contributed by atoms with E-state index in [1.807, 2.05) is 6.92 Å². The molecule has 0 bridgehead atoms. The van der Waals surface area contributed by atoms with E-state index in [0.717, 1.165) is 35.3 Å². The van der Waals surface area contributed by atoms with Crippen LogP contribution in [0.15, 0.2) is 16.8 Å². The van der Waals surface area contributed by atoms with Crippen LogP contribution in [-0.4, -0.2) is 10.9 Å². The van der Waals surface area contributed by atoms with Gasteiger partial charge >= 0.3 is 0 Å². The lowest BCUT2D eigenvalue weighted by Crippen LogP contribution is -2.53. The van der Waals surface area contributed by atoms with Gasteiger partial charge in [0.25, 0.3) is 0 Å². The predicted molar refractivity (Wildman–Crippen MR) is 99.3 cm³/mol. The summed E-state index contributed by atoms with van der Waals surface area (Å²) in [6.45, 7) is 9.55. The Bertz CT molecular complexity index is 579. The van der Waals surface area contributed by atoms with Gasteiger partial charge in [-0.3, -0.25) is 0 Å². The van der Waals surface area contributed by atoms with Gasteiger partial charge in [-0.25, -0.2) is 0 Å². The quantitative estimate of drug-likeness (QED) is 0.354. The van der Waals surface area contributed by atoms with E-state index < -0.39 is 0 Å². The molecule has 0 saturated heterocycles. The molecule has 0 radical (unpaired) electrons. The third-order valence-corrected chi connectivity index (χ3v) is 9.05. The molecule has 3 fully saturated rings. The first-order valence-electron chi connectivity index (χ1n) is 10.3. The predicted octanol–water partition coefficient (Wildman–Crippen LogP) is 6.05. The summed E-state index contributed by atoms with van der Waals surface area (Å²) in [5, 5.41) is 12.8. The van der Waals surface area contributed by atoms with E-state index in [0.29, 0.717) is 5.41 Å². The molecule has 1 N–H and O–H groups in total. The Morgan fingerprint density at radius 1 is 1.12 bits per heavy atom. The minimum atomic E-state index is 0.253. The minimum absolute atomic E-state index is 0.253. The van der Waals surface area contributed by atoms with Crippen molar-refractivity contribution in [2.24, 2.45) is 45.6 Å². The fraction of sp³-hybridized carbons (Fsp3) is 0.864. The zero-order valence-corrected chi connectivity index (χ0v) is 16.0. The largest absolute Gasteiger partial charge is 0.411 e. The SMILES string of the molecule is C/C(=N\O)C1=CCC2C3CC[C@H]4CC(C)CC[C@]4(C)C3CC[C@]12C. The maximum atomic E-state index is 9.30. The van der Waals surface area contributed by atoms with Crippen molar-refractivity contribution in [3.05, 3.63) is 11.6 Å². The Morgan fingerprint density at radius 3 is 2.67 bits per heavy atom. The van der Waals surface area contributed by atoms with Crippen molar-refractivity contribution in [1.82, 2.24) is 0 Å². The van der Waals surface area contributed by atoms with Crippen LogP contribution in [0.3, 0.4) is 0 Å². The monoisotopic (exact) mass is 329 g/mol. The number of oxime groups is 1. The summed E-state index contributed by atoms with van der Waals surface area (Å²) in [7, 11) is 0. The van der Waals surface area contributed by atoms with Gasteiger partial charge in [-0.15, -0.1) is 0 Å². The molecule has 3 saturated carbocycles. The number of allylic oxidation sites excluding steroid dienone is 2. The van der Waals surface area contributed by atoms with Gasteiger partial charge in [0.05, 0.1) is 5.71 Å². The molecular weight excluding hydrogens is 294 g/mol. The van der Waals surface area contributed by atoms with Crippen LogP contribution in [0.25, 0.3) is 0 Å². The highest BCUT2D eigenvalue weighted by molar-refractivity contribution is 5.99. The summed E-state index contributed by atoms with van der Waals surface area (Å²) in [4.78, 5) is 0. The third kappa shape index (κ3) is 2.17. The topological polar surface area (TPSA) is 32.6 Å². The molecule has 0 aliphatic heterocycles. The van der Waals surface area contributed by atoms with Gasteiger partial charge < -0.3 is 5.21 Å². The summed E-state index contributed by atoms with van der Waals surface area (Å²) in [5.41, 5.74) is 3.05. The van der Waals surface area contributed by atoms with E-state index in [1.54, 1.807) is 0 Å². The van der Waals surface area contributed by atoms with Crippen molar-refractivity contribution >= 4 is 5.71 Å². The van der Waals surface area contributed by atoms with Crippen LogP contribution in [0.4, 0.5) is 0 Å². The van der Waals surface area contributed by atoms with Crippen LogP contribution >= 0.6 is 0 Å². The molecule has 0 amide bonds. The molecule has 0 aromatic rings. The fourth-order valence-electron chi connectivity index (χ4n) is 7.65. The van der Waals surface area contributed by atoms with E-state index in [1.165, 1.54) is 56.9 Å². The van der Waals surface area contributed by atoms with Gasteiger partial charge in [-0.1, -0.05) is 38.4 Å². The Balaban J connectivity index is 1.62. The summed E-state index contributed by atoms with van der Waals surface area (Å²) < 4.78 is 0. The summed E-state index contributed by atoms with van der Waals surface area (Å²) in [6.07, 6.45) is 13.5. The zero-order chi connectivity index (χ0) is 17.1.